The second-order valence-electron chi connectivity index (χ2n) is 9.75. The quantitative estimate of drug-likeness (QED) is 0.261. The van der Waals surface area contributed by atoms with Gasteiger partial charge in [-0.25, -0.2) is 19.3 Å². The fourth-order valence-corrected chi connectivity index (χ4v) is 5.19. The van der Waals surface area contributed by atoms with Crippen LogP contribution in [0.25, 0.3) is 56.1 Å². The summed E-state index contributed by atoms with van der Waals surface area (Å²) in [6, 6.07) is 13.8. The lowest BCUT2D eigenvalue weighted by molar-refractivity contribution is -0.119. The zero-order valence-corrected chi connectivity index (χ0v) is 20.8. The summed E-state index contributed by atoms with van der Waals surface area (Å²) in [6.07, 6.45) is 9.13. The summed E-state index contributed by atoms with van der Waals surface area (Å²) in [5, 5.41) is 10.5. The molecule has 0 aliphatic heterocycles. The Balaban J connectivity index is 1.24. The minimum absolute atomic E-state index is 0.0467. The molecular formula is C29H23FN8O. The number of H-pyrrole nitrogens is 2. The molecule has 0 atom stereocenters. The summed E-state index contributed by atoms with van der Waals surface area (Å²) in [4.78, 5) is 34.3. The van der Waals surface area contributed by atoms with Crippen LogP contribution < -0.4 is 5.32 Å². The molecule has 1 aliphatic carbocycles. The lowest BCUT2D eigenvalue weighted by atomic mass is 10.1. The zero-order valence-electron chi connectivity index (χ0n) is 20.8. The lowest BCUT2D eigenvalue weighted by Crippen LogP contribution is -2.20. The van der Waals surface area contributed by atoms with Gasteiger partial charge in [-0.15, -0.1) is 0 Å². The number of carbonyl (C=O) groups excluding carboxylic acids is 1. The Labute approximate surface area is 222 Å². The monoisotopic (exact) mass is 518 g/mol. The molecule has 1 aliphatic rings. The first kappa shape index (κ1) is 23.2. The van der Waals surface area contributed by atoms with E-state index in [1.54, 1.807) is 30.7 Å². The van der Waals surface area contributed by atoms with Crippen molar-refractivity contribution in [2.24, 2.45) is 5.92 Å². The summed E-state index contributed by atoms with van der Waals surface area (Å²) >= 11 is 0. The summed E-state index contributed by atoms with van der Waals surface area (Å²) < 4.78 is 13.5. The van der Waals surface area contributed by atoms with E-state index in [4.69, 9.17) is 9.97 Å². The second kappa shape index (κ2) is 9.39. The van der Waals surface area contributed by atoms with E-state index in [0.29, 0.717) is 39.6 Å². The van der Waals surface area contributed by atoms with Crippen molar-refractivity contribution in [2.75, 3.05) is 5.32 Å². The molecule has 5 heterocycles. The van der Waals surface area contributed by atoms with Gasteiger partial charge in [0.25, 0.3) is 0 Å². The molecule has 9 nitrogen and oxygen atoms in total. The van der Waals surface area contributed by atoms with Gasteiger partial charge in [0.05, 0.1) is 23.1 Å². The molecule has 1 aromatic carbocycles. The molecule has 1 saturated carbocycles. The van der Waals surface area contributed by atoms with Crippen molar-refractivity contribution < 1.29 is 9.18 Å². The highest BCUT2D eigenvalue weighted by atomic mass is 19.1. The number of hydrogen-bond acceptors (Lipinski definition) is 6. The van der Waals surface area contributed by atoms with Crippen molar-refractivity contribution in [3.8, 4) is 33.9 Å². The molecule has 1 fully saturated rings. The number of fused-ring (bicyclic) bond motifs is 2. The van der Waals surface area contributed by atoms with Gasteiger partial charge < -0.3 is 10.3 Å². The molecule has 7 rings (SSSR count). The molecule has 3 N–H and O–H groups in total. The topological polar surface area (TPSA) is 125 Å². The third kappa shape index (κ3) is 4.29. The molecule has 0 spiro atoms. The SMILES string of the molecule is O=C(Nc1cncc(-c2ccc3[nH]nc(-c4nc5c(-c6ccc(F)cc6)ccnc5[nH]4)c3n2)c1)C1CCCC1. The number of pyridine rings is 3. The van der Waals surface area contributed by atoms with Crippen molar-refractivity contribution >= 4 is 33.8 Å². The van der Waals surface area contributed by atoms with Gasteiger partial charge in [-0.3, -0.25) is 14.9 Å². The molecule has 5 aromatic heterocycles. The first-order valence-corrected chi connectivity index (χ1v) is 12.8. The van der Waals surface area contributed by atoms with E-state index in [2.05, 4.69) is 30.5 Å². The third-order valence-electron chi connectivity index (χ3n) is 7.20. The minimum Gasteiger partial charge on any atom is -0.324 e. The number of aromatic nitrogens is 7. The van der Waals surface area contributed by atoms with Crippen LogP contribution in [-0.4, -0.2) is 41.0 Å². The van der Waals surface area contributed by atoms with Gasteiger partial charge in [-0.2, -0.15) is 5.10 Å². The standard InChI is InChI=1S/C29H23FN8O/c30-19-7-5-16(6-8-19)21-11-12-32-27-24(21)35-28(36-27)26-25-23(37-38-26)10-9-22(34-25)18-13-20(15-31-14-18)33-29(39)17-3-1-2-4-17/h5-15,17H,1-4H2,(H,33,39)(H,37,38)(H,32,35,36). The van der Waals surface area contributed by atoms with E-state index in [-0.39, 0.29) is 17.6 Å². The molecule has 192 valence electrons. The van der Waals surface area contributed by atoms with Crippen LogP contribution in [0.4, 0.5) is 10.1 Å². The molecule has 0 radical (unpaired) electrons. The summed E-state index contributed by atoms with van der Waals surface area (Å²) in [7, 11) is 0. The average Bonchev–Trinajstić information content (AvgIpc) is 3.73. The number of imidazole rings is 1. The second-order valence-corrected chi connectivity index (χ2v) is 9.75. The Morgan fingerprint density at radius 2 is 1.79 bits per heavy atom. The Morgan fingerprint density at radius 3 is 2.64 bits per heavy atom. The Morgan fingerprint density at radius 1 is 0.949 bits per heavy atom. The smallest absolute Gasteiger partial charge is 0.227 e. The molecule has 1 amide bonds. The van der Waals surface area contributed by atoms with Gasteiger partial charge in [0.15, 0.2) is 17.2 Å². The van der Waals surface area contributed by atoms with E-state index in [9.17, 15) is 9.18 Å². The van der Waals surface area contributed by atoms with E-state index < -0.39 is 0 Å². The van der Waals surface area contributed by atoms with Crippen molar-refractivity contribution in [1.29, 1.82) is 0 Å². The lowest BCUT2D eigenvalue weighted by Gasteiger charge is -2.11. The van der Waals surface area contributed by atoms with Crippen LogP contribution in [0.2, 0.25) is 0 Å². The number of halogens is 1. The maximum absolute atomic E-state index is 13.5. The first-order valence-electron chi connectivity index (χ1n) is 12.8. The predicted molar refractivity (Wildman–Crippen MR) is 146 cm³/mol. The number of hydrogen-bond donors (Lipinski definition) is 3. The van der Waals surface area contributed by atoms with E-state index in [0.717, 1.165) is 47.9 Å². The first-order chi connectivity index (χ1) is 19.1. The molecule has 0 unspecified atom stereocenters. The molecule has 0 bridgehead atoms. The highest BCUT2D eigenvalue weighted by molar-refractivity contribution is 5.95. The van der Waals surface area contributed by atoms with Crippen LogP contribution in [0.1, 0.15) is 25.7 Å². The van der Waals surface area contributed by atoms with Gasteiger partial charge in [0.2, 0.25) is 5.91 Å². The normalized spacial score (nSPS) is 13.9. The largest absolute Gasteiger partial charge is 0.324 e. The number of amides is 1. The number of anilines is 1. The molecule has 39 heavy (non-hydrogen) atoms. The third-order valence-corrected chi connectivity index (χ3v) is 7.20. The van der Waals surface area contributed by atoms with E-state index in [1.165, 1.54) is 12.1 Å². The zero-order chi connectivity index (χ0) is 26.3. The van der Waals surface area contributed by atoms with Crippen LogP contribution >= 0.6 is 0 Å². The predicted octanol–water partition coefficient (Wildman–Crippen LogP) is 5.89. The average molecular weight is 519 g/mol. The fraction of sp³-hybridized carbons (Fsp3) is 0.172. The van der Waals surface area contributed by atoms with Crippen molar-refractivity contribution in [2.45, 2.75) is 25.7 Å². The van der Waals surface area contributed by atoms with Crippen LogP contribution in [0, 0.1) is 11.7 Å². The van der Waals surface area contributed by atoms with Crippen molar-refractivity contribution in [3.05, 3.63) is 72.9 Å². The number of aromatic amines is 2. The number of nitrogens with zero attached hydrogens (tertiary/aromatic N) is 5. The summed E-state index contributed by atoms with van der Waals surface area (Å²) in [5.41, 5.74) is 6.96. The summed E-state index contributed by atoms with van der Waals surface area (Å²) in [6.45, 7) is 0. The van der Waals surface area contributed by atoms with Crippen LogP contribution in [0.3, 0.4) is 0 Å². The van der Waals surface area contributed by atoms with E-state index in [1.807, 2.05) is 24.3 Å². The van der Waals surface area contributed by atoms with Crippen LogP contribution in [-0.2, 0) is 4.79 Å². The van der Waals surface area contributed by atoms with E-state index >= 15 is 0 Å². The maximum atomic E-state index is 13.5. The number of benzene rings is 1. The van der Waals surface area contributed by atoms with Crippen molar-refractivity contribution in [3.63, 3.8) is 0 Å². The Hall–Kier alpha value is -4.99. The van der Waals surface area contributed by atoms with Crippen LogP contribution in [0.15, 0.2) is 67.1 Å². The van der Waals surface area contributed by atoms with Gasteiger partial charge >= 0.3 is 0 Å². The molecular weight excluding hydrogens is 495 g/mol. The number of rotatable bonds is 5. The molecule has 6 aromatic rings. The Kier molecular flexibility index (Phi) is 5.58. The highest BCUT2D eigenvalue weighted by Gasteiger charge is 2.23. The number of nitrogens with one attached hydrogen (secondary N) is 3. The summed E-state index contributed by atoms with van der Waals surface area (Å²) in [5.74, 6) is 0.330. The minimum atomic E-state index is -0.298. The van der Waals surface area contributed by atoms with Gasteiger partial charge in [-0.05, 0) is 54.8 Å². The highest BCUT2D eigenvalue weighted by Crippen LogP contribution is 2.32. The van der Waals surface area contributed by atoms with Gasteiger partial charge in [-0.1, -0.05) is 25.0 Å². The molecule has 10 heteroatoms. The van der Waals surface area contributed by atoms with Crippen molar-refractivity contribution in [1.82, 2.24) is 35.1 Å². The molecule has 0 saturated heterocycles. The number of carbonyl (C=O) groups is 1. The fourth-order valence-electron chi connectivity index (χ4n) is 5.19. The van der Waals surface area contributed by atoms with Gasteiger partial charge in [0, 0.05) is 29.4 Å². The van der Waals surface area contributed by atoms with Crippen LogP contribution in [0.5, 0.6) is 0 Å². The van der Waals surface area contributed by atoms with Gasteiger partial charge in [0.1, 0.15) is 16.9 Å². The maximum Gasteiger partial charge on any atom is 0.227 e. The Bertz CT molecular complexity index is 1840.